The van der Waals surface area contributed by atoms with Crippen LogP contribution >= 0.6 is 11.3 Å². The summed E-state index contributed by atoms with van der Waals surface area (Å²) in [6, 6.07) is 11.0. The van der Waals surface area contributed by atoms with Gasteiger partial charge in [0.05, 0.1) is 17.4 Å². The first-order valence-corrected chi connectivity index (χ1v) is 11.6. The molecule has 4 rings (SSSR count). The topological polar surface area (TPSA) is 71.4 Å². The molecule has 1 amide bonds. The summed E-state index contributed by atoms with van der Waals surface area (Å²) in [5, 5.41) is 5.81. The van der Waals surface area contributed by atoms with E-state index in [1.807, 2.05) is 47.5 Å². The third-order valence-electron chi connectivity index (χ3n) is 5.27. The number of aromatic nitrogens is 1. The van der Waals surface area contributed by atoms with Crippen LogP contribution in [0.5, 0.6) is 0 Å². The van der Waals surface area contributed by atoms with E-state index < -0.39 is 10.0 Å². The lowest BCUT2D eigenvalue weighted by Crippen LogP contribution is -2.45. The van der Waals surface area contributed by atoms with Gasteiger partial charge in [0.1, 0.15) is 0 Å². The highest BCUT2D eigenvalue weighted by Crippen LogP contribution is 2.26. The molecule has 0 radical (unpaired) electrons. The highest BCUT2D eigenvalue weighted by molar-refractivity contribution is 7.89. The molecule has 28 heavy (non-hydrogen) atoms. The number of benzene rings is 1. The summed E-state index contributed by atoms with van der Waals surface area (Å²) in [5.74, 6) is -0.393. The SMILES string of the molecule is Cn1ccc2cc(S(=O)(=O)N3CCC[C@@H](C(=O)NCc4cccs4)C3)ccc21. The third kappa shape index (κ3) is 3.72. The van der Waals surface area contributed by atoms with Gasteiger partial charge >= 0.3 is 0 Å². The molecule has 6 nitrogen and oxygen atoms in total. The van der Waals surface area contributed by atoms with Crippen LogP contribution in [-0.4, -0.2) is 36.3 Å². The number of sulfonamides is 1. The zero-order chi connectivity index (χ0) is 19.7. The fourth-order valence-corrected chi connectivity index (χ4v) is 5.88. The number of rotatable bonds is 5. The summed E-state index contributed by atoms with van der Waals surface area (Å²) in [7, 11) is -1.69. The number of thiophene rings is 1. The molecular formula is C20H23N3O3S2. The Balaban J connectivity index is 1.48. The summed E-state index contributed by atoms with van der Waals surface area (Å²) < 4.78 is 29.7. The lowest BCUT2D eigenvalue weighted by Gasteiger charge is -2.31. The molecule has 0 bridgehead atoms. The number of nitrogens with zero attached hydrogens (tertiary/aromatic N) is 2. The van der Waals surface area contributed by atoms with Crippen LogP contribution in [-0.2, 0) is 28.4 Å². The van der Waals surface area contributed by atoms with E-state index >= 15 is 0 Å². The van der Waals surface area contributed by atoms with Crippen molar-refractivity contribution in [2.45, 2.75) is 24.3 Å². The largest absolute Gasteiger partial charge is 0.351 e. The molecule has 1 fully saturated rings. The number of carbonyl (C=O) groups is 1. The Morgan fingerprint density at radius 2 is 2.14 bits per heavy atom. The molecule has 0 unspecified atom stereocenters. The first kappa shape index (κ1) is 19.2. The molecule has 1 saturated heterocycles. The van der Waals surface area contributed by atoms with Gasteiger partial charge in [0.25, 0.3) is 0 Å². The molecule has 0 spiro atoms. The second kappa shape index (κ2) is 7.69. The summed E-state index contributed by atoms with van der Waals surface area (Å²) in [6.07, 6.45) is 3.31. The molecule has 1 atom stereocenters. The van der Waals surface area contributed by atoms with Crippen LogP contribution in [0.1, 0.15) is 17.7 Å². The van der Waals surface area contributed by atoms with Crippen molar-refractivity contribution < 1.29 is 13.2 Å². The van der Waals surface area contributed by atoms with Crippen molar-refractivity contribution in [1.82, 2.24) is 14.2 Å². The molecular weight excluding hydrogens is 394 g/mol. The van der Waals surface area contributed by atoms with Gasteiger partial charge in [-0.05, 0) is 48.6 Å². The van der Waals surface area contributed by atoms with E-state index in [0.717, 1.165) is 15.8 Å². The average molecular weight is 418 g/mol. The Labute approximate surface area is 168 Å². The van der Waals surface area contributed by atoms with E-state index in [1.54, 1.807) is 23.5 Å². The fraction of sp³-hybridized carbons (Fsp3) is 0.350. The first-order chi connectivity index (χ1) is 13.4. The van der Waals surface area contributed by atoms with Crippen LogP contribution in [0.2, 0.25) is 0 Å². The Morgan fingerprint density at radius 3 is 2.93 bits per heavy atom. The molecule has 2 aromatic heterocycles. The molecule has 1 aliphatic rings. The van der Waals surface area contributed by atoms with Gasteiger partial charge in [-0.25, -0.2) is 8.42 Å². The van der Waals surface area contributed by atoms with Crippen molar-refractivity contribution in [2.75, 3.05) is 13.1 Å². The smallest absolute Gasteiger partial charge is 0.243 e. The molecule has 1 N–H and O–H groups in total. The van der Waals surface area contributed by atoms with E-state index in [1.165, 1.54) is 4.31 Å². The van der Waals surface area contributed by atoms with Gasteiger partial charge in [-0.2, -0.15) is 4.31 Å². The number of hydrogen-bond acceptors (Lipinski definition) is 4. The first-order valence-electron chi connectivity index (χ1n) is 9.30. The quantitative estimate of drug-likeness (QED) is 0.694. The molecule has 8 heteroatoms. The normalized spacial score (nSPS) is 18.4. The zero-order valence-electron chi connectivity index (χ0n) is 15.7. The van der Waals surface area contributed by atoms with E-state index in [-0.39, 0.29) is 23.3 Å². The van der Waals surface area contributed by atoms with Crippen molar-refractivity contribution in [3.63, 3.8) is 0 Å². The van der Waals surface area contributed by atoms with Gasteiger partial charge in [-0.3, -0.25) is 4.79 Å². The highest BCUT2D eigenvalue weighted by Gasteiger charge is 2.33. The molecule has 148 valence electrons. The molecule has 3 aromatic rings. The van der Waals surface area contributed by atoms with Gasteiger partial charge < -0.3 is 9.88 Å². The Hall–Kier alpha value is -2.16. The van der Waals surface area contributed by atoms with E-state index in [2.05, 4.69) is 5.32 Å². The van der Waals surface area contributed by atoms with E-state index in [4.69, 9.17) is 0 Å². The van der Waals surface area contributed by atoms with Crippen molar-refractivity contribution in [2.24, 2.45) is 13.0 Å². The standard InChI is InChI=1S/C20H23N3O3S2/c1-22-10-8-15-12-18(6-7-19(15)22)28(25,26)23-9-2-4-16(14-23)20(24)21-13-17-5-3-11-27-17/h3,5-8,10-12,16H,2,4,9,13-14H2,1H3,(H,21,24)/t16-/m1/s1. The number of aryl methyl sites for hydroxylation is 1. The maximum atomic E-state index is 13.1. The molecule has 3 heterocycles. The van der Waals surface area contributed by atoms with Crippen LogP contribution in [0.4, 0.5) is 0 Å². The third-order valence-corrected chi connectivity index (χ3v) is 8.00. The maximum absolute atomic E-state index is 13.1. The van der Waals surface area contributed by atoms with Gasteiger partial charge in [0.15, 0.2) is 0 Å². The van der Waals surface area contributed by atoms with Crippen LogP contribution in [0.3, 0.4) is 0 Å². The summed E-state index contributed by atoms with van der Waals surface area (Å²) in [5.41, 5.74) is 0.989. The average Bonchev–Trinajstić information content (AvgIpc) is 3.36. The lowest BCUT2D eigenvalue weighted by molar-refractivity contribution is -0.126. The van der Waals surface area contributed by atoms with E-state index in [9.17, 15) is 13.2 Å². The maximum Gasteiger partial charge on any atom is 0.243 e. The summed E-state index contributed by atoms with van der Waals surface area (Å²) in [4.78, 5) is 13.9. The van der Waals surface area contributed by atoms with Crippen LogP contribution in [0.15, 0.2) is 52.9 Å². The van der Waals surface area contributed by atoms with Crippen molar-refractivity contribution in [3.8, 4) is 0 Å². The predicted octanol–water partition coefficient (Wildman–Crippen LogP) is 2.96. The predicted molar refractivity (Wildman–Crippen MR) is 111 cm³/mol. The van der Waals surface area contributed by atoms with E-state index in [0.29, 0.717) is 25.9 Å². The monoisotopic (exact) mass is 417 g/mol. The number of amides is 1. The van der Waals surface area contributed by atoms with Gasteiger partial charge in [-0.1, -0.05) is 6.07 Å². The number of piperidine rings is 1. The van der Waals surface area contributed by atoms with Gasteiger partial charge in [0, 0.05) is 42.1 Å². The van der Waals surface area contributed by atoms with Crippen molar-refractivity contribution in [1.29, 1.82) is 0 Å². The Bertz CT molecular complexity index is 1090. The minimum atomic E-state index is -3.62. The van der Waals surface area contributed by atoms with Crippen LogP contribution in [0.25, 0.3) is 10.9 Å². The molecule has 1 aromatic carbocycles. The number of hydrogen-bond donors (Lipinski definition) is 1. The minimum absolute atomic E-state index is 0.0770. The summed E-state index contributed by atoms with van der Waals surface area (Å²) in [6.45, 7) is 1.17. The fourth-order valence-electron chi connectivity index (χ4n) is 3.68. The highest BCUT2D eigenvalue weighted by atomic mass is 32.2. The minimum Gasteiger partial charge on any atom is -0.351 e. The second-order valence-corrected chi connectivity index (χ2v) is 10.1. The molecule has 1 aliphatic heterocycles. The van der Waals surface area contributed by atoms with Crippen LogP contribution in [0, 0.1) is 5.92 Å². The van der Waals surface area contributed by atoms with Crippen molar-refractivity contribution in [3.05, 3.63) is 52.9 Å². The number of carbonyl (C=O) groups excluding carboxylic acids is 1. The molecule has 0 saturated carbocycles. The number of fused-ring (bicyclic) bond motifs is 1. The van der Waals surface area contributed by atoms with Gasteiger partial charge in [-0.15, -0.1) is 11.3 Å². The lowest BCUT2D eigenvalue weighted by atomic mass is 9.99. The zero-order valence-corrected chi connectivity index (χ0v) is 17.3. The molecule has 0 aliphatic carbocycles. The Morgan fingerprint density at radius 1 is 1.29 bits per heavy atom. The second-order valence-electron chi connectivity index (χ2n) is 7.15. The Kier molecular flexibility index (Phi) is 5.27. The summed E-state index contributed by atoms with van der Waals surface area (Å²) >= 11 is 1.59. The van der Waals surface area contributed by atoms with Gasteiger partial charge in [0.2, 0.25) is 15.9 Å². The number of nitrogens with one attached hydrogen (secondary N) is 1. The van der Waals surface area contributed by atoms with Crippen LogP contribution < -0.4 is 5.32 Å². The van der Waals surface area contributed by atoms with Crippen molar-refractivity contribution >= 4 is 38.2 Å².